The quantitative estimate of drug-likeness (QED) is 0.899. The molecule has 0 fully saturated rings. The van der Waals surface area contributed by atoms with Gasteiger partial charge < -0.3 is 5.32 Å². The van der Waals surface area contributed by atoms with Gasteiger partial charge >= 0.3 is 0 Å². The smallest absolute Gasteiger partial charge is 0.137 e. The maximum absolute atomic E-state index is 13.0. The van der Waals surface area contributed by atoms with Crippen LogP contribution in [-0.2, 0) is 13.1 Å². The summed E-state index contributed by atoms with van der Waals surface area (Å²) in [6.07, 6.45) is 0. The van der Waals surface area contributed by atoms with Crippen LogP contribution in [-0.4, -0.2) is 0 Å². The van der Waals surface area contributed by atoms with Gasteiger partial charge in [-0.1, -0.05) is 18.2 Å². The molecular formula is C14H12BrF2N. The zero-order valence-electron chi connectivity index (χ0n) is 9.59. The number of hydrogen-bond donors (Lipinski definition) is 1. The van der Waals surface area contributed by atoms with Crippen molar-refractivity contribution in [3.63, 3.8) is 0 Å². The van der Waals surface area contributed by atoms with Gasteiger partial charge in [-0.15, -0.1) is 0 Å². The first-order valence-electron chi connectivity index (χ1n) is 5.54. The Labute approximate surface area is 113 Å². The molecule has 2 aromatic rings. The van der Waals surface area contributed by atoms with E-state index in [9.17, 15) is 8.78 Å². The van der Waals surface area contributed by atoms with Crippen LogP contribution >= 0.6 is 15.9 Å². The van der Waals surface area contributed by atoms with Crippen LogP contribution in [0.25, 0.3) is 0 Å². The van der Waals surface area contributed by atoms with Gasteiger partial charge in [0.15, 0.2) is 0 Å². The standard InChI is InChI=1S/C14H12BrF2N/c15-13-7-11(4-5-14(13)17)9-18-8-10-2-1-3-12(16)6-10/h1-7,18H,8-9H2. The van der Waals surface area contributed by atoms with Gasteiger partial charge in [0.1, 0.15) is 11.6 Å². The summed E-state index contributed by atoms with van der Waals surface area (Å²) in [7, 11) is 0. The van der Waals surface area contributed by atoms with Crippen molar-refractivity contribution in [3.05, 3.63) is 69.7 Å². The molecule has 4 heteroatoms. The van der Waals surface area contributed by atoms with Crippen LogP contribution in [0.2, 0.25) is 0 Å². The highest BCUT2D eigenvalue weighted by molar-refractivity contribution is 9.10. The second kappa shape index (κ2) is 6.07. The van der Waals surface area contributed by atoms with E-state index in [4.69, 9.17) is 0 Å². The summed E-state index contributed by atoms with van der Waals surface area (Å²) in [5.74, 6) is -0.511. The van der Waals surface area contributed by atoms with E-state index in [2.05, 4.69) is 21.2 Å². The van der Waals surface area contributed by atoms with Crippen molar-refractivity contribution in [2.75, 3.05) is 0 Å². The van der Waals surface area contributed by atoms with Gasteiger partial charge in [0.05, 0.1) is 4.47 Å². The lowest BCUT2D eigenvalue weighted by atomic mass is 10.2. The first-order valence-corrected chi connectivity index (χ1v) is 6.33. The average molecular weight is 312 g/mol. The summed E-state index contributed by atoms with van der Waals surface area (Å²) >= 11 is 3.14. The monoisotopic (exact) mass is 311 g/mol. The first kappa shape index (κ1) is 13.2. The molecule has 0 bridgehead atoms. The number of halogens is 3. The Bertz CT molecular complexity index is 543. The minimum Gasteiger partial charge on any atom is -0.309 e. The Morgan fingerprint density at radius 1 is 0.944 bits per heavy atom. The van der Waals surface area contributed by atoms with Gasteiger partial charge in [-0.3, -0.25) is 0 Å². The molecular weight excluding hydrogens is 300 g/mol. The predicted molar refractivity (Wildman–Crippen MR) is 71.0 cm³/mol. The maximum atomic E-state index is 13.0. The van der Waals surface area contributed by atoms with E-state index in [1.807, 2.05) is 6.07 Å². The third kappa shape index (κ3) is 3.62. The highest BCUT2D eigenvalue weighted by atomic mass is 79.9. The predicted octanol–water partition coefficient (Wildman–Crippen LogP) is 4.02. The minimum absolute atomic E-state index is 0.237. The van der Waals surface area contributed by atoms with Gasteiger partial charge in [0, 0.05) is 13.1 Å². The van der Waals surface area contributed by atoms with E-state index < -0.39 is 0 Å². The van der Waals surface area contributed by atoms with Crippen LogP contribution in [0.4, 0.5) is 8.78 Å². The molecule has 0 aliphatic rings. The molecule has 94 valence electrons. The molecule has 2 aromatic carbocycles. The summed E-state index contributed by atoms with van der Waals surface area (Å²) < 4.78 is 26.4. The minimum atomic E-state index is -0.274. The SMILES string of the molecule is Fc1cccc(CNCc2ccc(F)c(Br)c2)c1. The fourth-order valence-corrected chi connectivity index (χ4v) is 2.07. The van der Waals surface area contributed by atoms with Gasteiger partial charge in [-0.25, -0.2) is 8.78 Å². The van der Waals surface area contributed by atoms with Crippen LogP contribution in [0.1, 0.15) is 11.1 Å². The van der Waals surface area contributed by atoms with Crippen LogP contribution < -0.4 is 5.32 Å². The normalized spacial score (nSPS) is 10.6. The Kier molecular flexibility index (Phi) is 4.44. The van der Waals surface area contributed by atoms with Crippen molar-refractivity contribution < 1.29 is 8.78 Å². The molecule has 0 saturated carbocycles. The molecule has 0 aliphatic heterocycles. The molecule has 1 N–H and O–H groups in total. The van der Waals surface area contributed by atoms with Gasteiger partial charge in [-0.2, -0.15) is 0 Å². The fourth-order valence-electron chi connectivity index (χ4n) is 1.65. The highest BCUT2D eigenvalue weighted by Gasteiger charge is 2.00. The average Bonchev–Trinajstić information content (AvgIpc) is 2.34. The third-order valence-corrected chi connectivity index (χ3v) is 3.14. The van der Waals surface area contributed by atoms with Gasteiger partial charge in [0.2, 0.25) is 0 Å². The zero-order valence-corrected chi connectivity index (χ0v) is 11.2. The van der Waals surface area contributed by atoms with Crippen LogP contribution in [0.3, 0.4) is 0 Å². The Hall–Kier alpha value is -1.26. The Morgan fingerprint density at radius 2 is 1.67 bits per heavy atom. The molecule has 0 atom stereocenters. The van der Waals surface area contributed by atoms with E-state index in [1.165, 1.54) is 18.2 Å². The van der Waals surface area contributed by atoms with E-state index in [1.54, 1.807) is 18.2 Å². The molecule has 1 nitrogen and oxygen atoms in total. The molecule has 2 rings (SSSR count). The molecule has 0 spiro atoms. The van der Waals surface area contributed by atoms with E-state index in [0.29, 0.717) is 17.6 Å². The zero-order chi connectivity index (χ0) is 13.0. The number of benzene rings is 2. The summed E-state index contributed by atoms with van der Waals surface area (Å²) in [6.45, 7) is 1.18. The Morgan fingerprint density at radius 3 is 2.33 bits per heavy atom. The summed E-state index contributed by atoms with van der Waals surface area (Å²) in [5, 5.41) is 3.18. The highest BCUT2D eigenvalue weighted by Crippen LogP contribution is 2.16. The lowest BCUT2D eigenvalue weighted by Crippen LogP contribution is -2.12. The Balaban J connectivity index is 1.90. The van der Waals surface area contributed by atoms with Crippen molar-refractivity contribution in [3.8, 4) is 0 Å². The van der Waals surface area contributed by atoms with Crippen molar-refractivity contribution >= 4 is 15.9 Å². The van der Waals surface area contributed by atoms with Crippen molar-refractivity contribution in [1.82, 2.24) is 5.32 Å². The summed E-state index contributed by atoms with van der Waals surface area (Å²) in [5.41, 5.74) is 1.86. The number of nitrogens with one attached hydrogen (secondary N) is 1. The molecule has 0 saturated heterocycles. The molecule has 0 amide bonds. The molecule has 18 heavy (non-hydrogen) atoms. The van der Waals surface area contributed by atoms with Crippen LogP contribution in [0.15, 0.2) is 46.9 Å². The topological polar surface area (TPSA) is 12.0 Å². The summed E-state index contributed by atoms with van der Waals surface area (Å²) in [4.78, 5) is 0. The largest absolute Gasteiger partial charge is 0.309 e. The van der Waals surface area contributed by atoms with Crippen molar-refractivity contribution in [1.29, 1.82) is 0 Å². The molecule has 0 radical (unpaired) electrons. The second-order valence-corrected chi connectivity index (χ2v) is 4.84. The fraction of sp³-hybridized carbons (Fsp3) is 0.143. The summed E-state index contributed by atoms with van der Waals surface area (Å²) in [6, 6.07) is 11.3. The lowest BCUT2D eigenvalue weighted by Gasteiger charge is -2.06. The number of hydrogen-bond acceptors (Lipinski definition) is 1. The molecule has 0 unspecified atom stereocenters. The van der Waals surface area contributed by atoms with Crippen molar-refractivity contribution in [2.45, 2.75) is 13.1 Å². The van der Waals surface area contributed by atoms with Crippen LogP contribution in [0.5, 0.6) is 0 Å². The molecule has 0 aliphatic carbocycles. The first-order chi connectivity index (χ1) is 8.65. The molecule has 0 heterocycles. The van der Waals surface area contributed by atoms with E-state index in [-0.39, 0.29) is 11.6 Å². The molecule has 0 aromatic heterocycles. The van der Waals surface area contributed by atoms with Gasteiger partial charge in [0.25, 0.3) is 0 Å². The third-order valence-electron chi connectivity index (χ3n) is 2.53. The van der Waals surface area contributed by atoms with E-state index in [0.717, 1.165) is 11.1 Å². The number of rotatable bonds is 4. The lowest BCUT2D eigenvalue weighted by molar-refractivity contribution is 0.615. The second-order valence-electron chi connectivity index (χ2n) is 3.98. The van der Waals surface area contributed by atoms with E-state index >= 15 is 0 Å². The van der Waals surface area contributed by atoms with Gasteiger partial charge in [-0.05, 0) is 51.3 Å². The van der Waals surface area contributed by atoms with Crippen LogP contribution in [0, 0.1) is 11.6 Å². The maximum Gasteiger partial charge on any atom is 0.137 e. The van der Waals surface area contributed by atoms with Crippen molar-refractivity contribution in [2.24, 2.45) is 0 Å².